The molecule has 0 saturated heterocycles. The molecule has 0 aromatic rings. The molecule has 40 valence electrons. The average molecular weight is 194 g/mol. The van der Waals surface area contributed by atoms with Crippen LogP contribution in [0.1, 0.15) is 0 Å². The maximum absolute atomic E-state index is 0. The Morgan fingerprint density at radius 2 is 0.714 bits per heavy atom. The Kier molecular flexibility index (Phi) is 1520. The molecule has 0 atom stereocenters. The fourth-order valence-corrected chi connectivity index (χ4v) is 0. The van der Waals surface area contributed by atoms with E-state index >= 15 is 0 Å². The van der Waals surface area contributed by atoms with Gasteiger partial charge in [0.05, 0.1) is 0 Å². The van der Waals surface area contributed by atoms with E-state index in [0.717, 1.165) is 0 Å². The Labute approximate surface area is 90.6 Å². The van der Waals surface area contributed by atoms with E-state index in [9.17, 15) is 0 Å². The second-order valence-electron chi connectivity index (χ2n) is 0. The van der Waals surface area contributed by atoms with Crippen molar-refractivity contribution >= 4 is 42.2 Å². The van der Waals surface area contributed by atoms with Gasteiger partial charge in [-0.25, -0.2) is 0 Å². The van der Waals surface area contributed by atoms with E-state index in [2.05, 4.69) is 0 Å². The van der Waals surface area contributed by atoms with E-state index < -0.39 is 0 Å². The van der Waals surface area contributed by atoms with E-state index in [1.165, 1.54) is 0 Å². The summed E-state index contributed by atoms with van der Waals surface area (Å²) in [6.45, 7) is 0. The molecular weight excluding hydrogens is 192 g/mol. The molecule has 7 heavy (non-hydrogen) atoms. The minimum Gasteiger partial charge on any atom is -2.00 e. The normalized spacial score (nSPS) is 0. The molecule has 0 aliphatic carbocycles. The van der Waals surface area contributed by atoms with Crippen LogP contribution in [0.25, 0.3) is 0 Å². The third-order valence-electron chi connectivity index (χ3n) is 0. The Hall–Kier alpha value is 2.25. The van der Waals surface area contributed by atoms with Crippen molar-refractivity contribution in [1.29, 1.82) is 0 Å². The molecule has 0 spiro atoms. The third-order valence-corrected chi connectivity index (χ3v) is 0. The number of rotatable bonds is 0. The topological polar surface area (TPSA) is 28.5 Å². The van der Waals surface area contributed by atoms with Crippen molar-refractivity contribution in [1.82, 2.24) is 0 Å². The van der Waals surface area contributed by atoms with Crippen LogP contribution in [0.5, 0.6) is 0 Å². The van der Waals surface area contributed by atoms with Crippen LogP contribution >= 0.6 is 24.8 Å². The van der Waals surface area contributed by atoms with Crippen LogP contribution < -0.4 is 43.7 Å². The second kappa shape index (κ2) is 85.7. The van der Waals surface area contributed by atoms with E-state index in [1.807, 2.05) is 0 Å². The summed E-state index contributed by atoms with van der Waals surface area (Å²) in [6, 6.07) is 0. The smallest absolute Gasteiger partial charge is 2.00 e. The maximum Gasteiger partial charge on any atom is 3.00 e. The van der Waals surface area contributed by atoms with Gasteiger partial charge in [-0.05, 0) is 0 Å². The summed E-state index contributed by atoms with van der Waals surface area (Å²) in [5.41, 5.74) is 0. The summed E-state index contributed by atoms with van der Waals surface area (Å²) < 4.78 is 0. The molecule has 1 nitrogen and oxygen atoms in total. The minimum atomic E-state index is 0. The zero-order valence-electron chi connectivity index (χ0n) is 3.56. The van der Waals surface area contributed by atoms with Crippen molar-refractivity contribution in [2.24, 2.45) is 0 Å². The van der Waals surface area contributed by atoms with Crippen LogP contribution in [0.15, 0.2) is 0 Å². The van der Waals surface area contributed by atoms with Crippen molar-refractivity contribution in [2.45, 2.75) is 0 Å². The predicted octanol–water partition coefficient (Wildman–Crippen LogP) is -8.64. The van der Waals surface area contributed by atoms with Gasteiger partial charge < -0.3 is 30.3 Å². The molecular formula is H2AlCl4LiO. The van der Waals surface area contributed by atoms with E-state index in [4.69, 9.17) is 0 Å². The number of halogens is 4. The van der Waals surface area contributed by atoms with Gasteiger partial charge in [-0.3, -0.25) is 0 Å². The molecule has 0 aliphatic heterocycles. The Morgan fingerprint density at radius 1 is 0.714 bits per heavy atom. The molecule has 0 aromatic carbocycles. The molecule has 0 aliphatic rings. The fraction of sp³-hybridized carbons (Fsp3) is 0. The Balaban J connectivity index is 0. The Bertz CT molecular complexity index is 11.7. The first-order valence-corrected chi connectivity index (χ1v) is 0. The van der Waals surface area contributed by atoms with Crippen LogP contribution in [-0.4, -0.2) is 17.4 Å². The van der Waals surface area contributed by atoms with E-state index in [0.29, 0.717) is 0 Å². The van der Waals surface area contributed by atoms with Gasteiger partial charge in [-0.15, -0.1) is 24.8 Å². The molecule has 0 radical (unpaired) electrons. The molecule has 0 bridgehead atoms. The molecule has 0 heterocycles. The predicted molar refractivity (Wildman–Crippen MR) is 20.9 cm³/mol. The van der Waals surface area contributed by atoms with Gasteiger partial charge in [-0.2, -0.15) is 0 Å². The van der Waals surface area contributed by atoms with Gasteiger partial charge in [0.2, 0.25) is 0 Å². The minimum absolute atomic E-state index is 0. The second-order valence-corrected chi connectivity index (χ2v) is 0. The quantitative estimate of drug-likeness (QED) is 0.342. The van der Waals surface area contributed by atoms with Gasteiger partial charge in [0, 0.05) is 0 Å². The maximum atomic E-state index is 0. The van der Waals surface area contributed by atoms with Crippen molar-refractivity contribution in [3.8, 4) is 0 Å². The van der Waals surface area contributed by atoms with Gasteiger partial charge in [-0.1, -0.05) is 0 Å². The SMILES string of the molecule is Cl.Cl.[Al+3].[Cl-].[Cl-].[Li+].[O-2]. The van der Waals surface area contributed by atoms with Crippen molar-refractivity contribution in [3.05, 3.63) is 0 Å². The number of hydrogen-bond acceptors (Lipinski definition) is 0. The molecule has 0 unspecified atom stereocenters. The molecule has 7 heteroatoms. The number of hydrogen-bond donors (Lipinski definition) is 0. The molecule has 0 fully saturated rings. The van der Waals surface area contributed by atoms with Crippen LogP contribution in [0.2, 0.25) is 0 Å². The van der Waals surface area contributed by atoms with Crippen molar-refractivity contribution in [3.63, 3.8) is 0 Å². The van der Waals surface area contributed by atoms with Gasteiger partial charge >= 0.3 is 36.2 Å². The fourth-order valence-electron chi connectivity index (χ4n) is 0. The van der Waals surface area contributed by atoms with Crippen LogP contribution in [-0.2, 0) is 5.48 Å². The average Bonchev–Trinajstić information content (AvgIpc) is 0. The molecule has 0 N–H and O–H groups in total. The van der Waals surface area contributed by atoms with Crippen LogP contribution in [0.4, 0.5) is 0 Å². The van der Waals surface area contributed by atoms with Gasteiger partial charge in [0.1, 0.15) is 0 Å². The van der Waals surface area contributed by atoms with Crippen molar-refractivity contribution < 1.29 is 49.2 Å². The van der Waals surface area contributed by atoms with Crippen molar-refractivity contribution in [2.75, 3.05) is 0 Å². The van der Waals surface area contributed by atoms with E-state index in [1.54, 1.807) is 0 Å². The zero-order valence-corrected chi connectivity index (χ0v) is 7.86. The molecule has 0 aromatic heterocycles. The summed E-state index contributed by atoms with van der Waals surface area (Å²) in [5, 5.41) is 0. The van der Waals surface area contributed by atoms with Gasteiger partial charge in [0.25, 0.3) is 0 Å². The summed E-state index contributed by atoms with van der Waals surface area (Å²) in [4.78, 5) is 0. The summed E-state index contributed by atoms with van der Waals surface area (Å²) in [5.74, 6) is 0. The standard InChI is InChI=1S/Al.4ClH.Li.O/h;4*1H;;/q+3;;;;;+1;-2/p-2. The molecule has 0 saturated carbocycles. The van der Waals surface area contributed by atoms with E-state index in [-0.39, 0.29) is 91.3 Å². The third kappa shape index (κ3) is 63.7. The van der Waals surface area contributed by atoms with Crippen LogP contribution in [0.3, 0.4) is 0 Å². The first kappa shape index (κ1) is 124. The van der Waals surface area contributed by atoms with Crippen LogP contribution in [0, 0.1) is 0 Å². The largest absolute Gasteiger partial charge is 3.00 e. The Morgan fingerprint density at radius 3 is 0.714 bits per heavy atom. The summed E-state index contributed by atoms with van der Waals surface area (Å²) in [7, 11) is 0. The summed E-state index contributed by atoms with van der Waals surface area (Å²) in [6.07, 6.45) is 0. The summed E-state index contributed by atoms with van der Waals surface area (Å²) >= 11 is 0. The zero-order chi connectivity index (χ0) is 0. The van der Waals surface area contributed by atoms with Gasteiger partial charge in [0.15, 0.2) is 0 Å². The molecule has 0 amide bonds. The molecule has 0 rings (SSSR count). The first-order valence-electron chi connectivity index (χ1n) is 0. The monoisotopic (exact) mass is 192 g/mol. The first-order chi connectivity index (χ1) is 0.